The molecule has 0 fully saturated rings. The lowest BCUT2D eigenvalue weighted by atomic mass is 9.96. The molecule has 1 atom stereocenters. The van der Waals surface area contributed by atoms with Crippen molar-refractivity contribution in [3.8, 4) is 0 Å². The predicted octanol–water partition coefficient (Wildman–Crippen LogP) is 4.82. The Morgan fingerprint density at radius 1 is 1.24 bits per heavy atom. The standard InChI is InChI=1S/C13H16F4/c1-3-4-9(2)7-10-5-6-11(8-12(10)14)13(15,16)17/h5-6,8-9H,3-4,7H2,1-2H3. The average molecular weight is 248 g/mol. The molecular weight excluding hydrogens is 232 g/mol. The van der Waals surface area contributed by atoms with Gasteiger partial charge in [0.15, 0.2) is 0 Å². The zero-order valence-corrected chi connectivity index (χ0v) is 9.94. The summed E-state index contributed by atoms with van der Waals surface area (Å²) in [5.41, 5.74) is -0.569. The van der Waals surface area contributed by atoms with Gasteiger partial charge >= 0.3 is 6.18 Å². The molecule has 0 nitrogen and oxygen atoms in total. The van der Waals surface area contributed by atoms with E-state index in [0.717, 1.165) is 18.9 Å². The summed E-state index contributed by atoms with van der Waals surface area (Å²) in [6.07, 6.45) is -2.06. The summed E-state index contributed by atoms with van der Waals surface area (Å²) in [4.78, 5) is 0. The quantitative estimate of drug-likeness (QED) is 0.670. The highest BCUT2D eigenvalue weighted by Gasteiger charge is 2.31. The maximum atomic E-state index is 13.5. The van der Waals surface area contributed by atoms with Crippen molar-refractivity contribution in [2.45, 2.75) is 39.3 Å². The van der Waals surface area contributed by atoms with Crippen molar-refractivity contribution in [1.29, 1.82) is 0 Å². The summed E-state index contributed by atoms with van der Waals surface area (Å²) < 4.78 is 50.4. The third-order valence-corrected chi connectivity index (χ3v) is 2.73. The molecule has 1 aromatic rings. The summed E-state index contributed by atoms with van der Waals surface area (Å²) in [6, 6.07) is 2.76. The molecule has 1 aromatic carbocycles. The van der Waals surface area contributed by atoms with Gasteiger partial charge in [-0.25, -0.2) is 4.39 Å². The van der Waals surface area contributed by atoms with E-state index in [9.17, 15) is 17.6 Å². The molecule has 4 heteroatoms. The van der Waals surface area contributed by atoms with Crippen LogP contribution in [0.5, 0.6) is 0 Å². The minimum Gasteiger partial charge on any atom is -0.207 e. The van der Waals surface area contributed by atoms with E-state index in [1.165, 1.54) is 6.07 Å². The molecule has 0 aliphatic carbocycles. The summed E-state index contributed by atoms with van der Waals surface area (Å²) in [5, 5.41) is 0. The first-order valence-electron chi connectivity index (χ1n) is 5.70. The van der Waals surface area contributed by atoms with E-state index in [1.54, 1.807) is 0 Å². The Morgan fingerprint density at radius 3 is 2.35 bits per heavy atom. The average Bonchev–Trinajstić information content (AvgIpc) is 2.20. The van der Waals surface area contributed by atoms with Gasteiger partial charge in [-0.15, -0.1) is 0 Å². The van der Waals surface area contributed by atoms with Crippen LogP contribution in [0.1, 0.15) is 37.8 Å². The molecule has 0 aliphatic heterocycles. The molecule has 0 radical (unpaired) electrons. The predicted molar refractivity (Wildman–Crippen MR) is 59.2 cm³/mol. The van der Waals surface area contributed by atoms with Crippen molar-refractivity contribution in [1.82, 2.24) is 0 Å². The SMILES string of the molecule is CCCC(C)Cc1ccc(C(F)(F)F)cc1F. The largest absolute Gasteiger partial charge is 0.416 e. The smallest absolute Gasteiger partial charge is 0.207 e. The molecule has 0 aromatic heterocycles. The Bertz CT molecular complexity index is 368. The lowest BCUT2D eigenvalue weighted by Crippen LogP contribution is -2.07. The Morgan fingerprint density at radius 2 is 1.88 bits per heavy atom. The fourth-order valence-electron chi connectivity index (χ4n) is 1.86. The molecule has 0 aliphatic rings. The summed E-state index contributed by atoms with van der Waals surface area (Å²) in [5.74, 6) is -0.478. The Kier molecular flexibility index (Phi) is 4.54. The highest BCUT2D eigenvalue weighted by molar-refractivity contribution is 5.26. The molecule has 96 valence electrons. The number of hydrogen-bond donors (Lipinski definition) is 0. The van der Waals surface area contributed by atoms with Crippen molar-refractivity contribution in [3.63, 3.8) is 0 Å². The molecule has 1 unspecified atom stereocenters. The monoisotopic (exact) mass is 248 g/mol. The molecule has 0 N–H and O–H groups in total. The van der Waals surface area contributed by atoms with Gasteiger partial charge in [0.25, 0.3) is 0 Å². The van der Waals surface area contributed by atoms with E-state index in [-0.39, 0.29) is 5.92 Å². The molecule has 0 amide bonds. The lowest BCUT2D eigenvalue weighted by Gasteiger charge is -2.12. The first kappa shape index (κ1) is 14.0. The van der Waals surface area contributed by atoms with Crippen molar-refractivity contribution in [2.24, 2.45) is 5.92 Å². The van der Waals surface area contributed by atoms with Gasteiger partial charge in [-0.3, -0.25) is 0 Å². The van der Waals surface area contributed by atoms with Crippen LogP contribution in [0.15, 0.2) is 18.2 Å². The van der Waals surface area contributed by atoms with Crippen LogP contribution in [0.4, 0.5) is 17.6 Å². The zero-order chi connectivity index (χ0) is 13.1. The summed E-state index contributed by atoms with van der Waals surface area (Å²) >= 11 is 0. The maximum Gasteiger partial charge on any atom is 0.416 e. The highest BCUT2D eigenvalue weighted by Crippen LogP contribution is 2.30. The van der Waals surface area contributed by atoms with Crippen molar-refractivity contribution < 1.29 is 17.6 Å². The second-order valence-corrected chi connectivity index (χ2v) is 4.40. The van der Waals surface area contributed by atoms with Gasteiger partial charge in [0.1, 0.15) is 5.82 Å². The highest BCUT2D eigenvalue weighted by atomic mass is 19.4. The number of alkyl halides is 3. The Balaban J connectivity index is 2.83. The van der Waals surface area contributed by atoms with E-state index >= 15 is 0 Å². The zero-order valence-electron chi connectivity index (χ0n) is 9.94. The molecule has 0 bridgehead atoms. The Labute approximate surface area is 98.6 Å². The van der Waals surface area contributed by atoms with E-state index < -0.39 is 17.6 Å². The number of halogens is 4. The summed E-state index contributed by atoms with van der Waals surface area (Å²) in [7, 11) is 0. The molecular formula is C13H16F4. The third-order valence-electron chi connectivity index (χ3n) is 2.73. The first-order chi connectivity index (χ1) is 7.84. The van der Waals surface area contributed by atoms with Crippen LogP contribution in [0.3, 0.4) is 0 Å². The van der Waals surface area contributed by atoms with E-state index in [4.69, 9.17) is 0 Å². The first-order valence-corrected chi connectivity index (χ1v) is 5.70. The van der Waals surface area contributed by atoms with Gasteiger partial charge in [-0.05, 0) is 30.0 Å². The number of rotatable bonds is 4. The van der Waals surface area contributed by atoms with Gasteiger partial charge < -0.3 is 0 Å². The fourth-order valence-corrected chi connectivity index (χ4v) is 1.86. The van der Waals surface area contributed by atoms with Crippen molar-refractivity contribution in [3.05, 3.63) is 35.1 Å². The lowest BCUT2D eigenvalue weighted by molar-refractivity contribution is -0.137. The molecule has 1 rings (SSSR count). The second-order valence-electron chi connectivity index (χ2n) is 4.40. The number of benzene rings is 1. The van der Waals surface area contributed by atoms with Gasteiger partial charge in [0.2, 0.25) is 0 Å². The molecule has 0 spiro atoms. The summed E-state index contributed by atoms with van der Waals surface area (Å²) in [6.45, 7) is 4.00. The topological polar surface area (TPSA) is 0 Å². The minimum absolute atomic E-state index is 0.284. The van der Waals surface area contributed by atoms with Crippen LogP contribution < -0.4 is 0 Å². The number of hydrogen-bond acceptors (Lipinski definition) is 0. The maximum absolute atomic E-state index is 13.5. The Hall–Kier alpha value is -1.06. The second kappa shape index (κ2) is 5.52. The van der Waals surface area contributed by atoms with Crippen LogP contribution in [0.2, 0.25) is 0 Å². The molecule has 0 heterocycles. The normalized spacial score (nSPS) is 13.8. The van der Waals surface area contributed by atoms with Gasteiger partial charge in [-0.1, -0.05) is 32.8 Å². The molecule has 0 saturated carbocycles. The van der Waals surface area contributed by atoms with Gasteiger partial charge in [0, 0.05) is 0 Å². The van der Waals surface area contributed by atoms with E-state index in [2.05, 4.69) is 0 Å². The van der Waals surface area contributed by atoms with Gasteiger partial charge in [0.05, 0.1) is 5.56 Å². The van der Waals surface area contributed by atoms with E-state index in [0.29, 0.717) is 18.1 Å². The molecule has 0 saturated heterocycles. The van der Waals surface area contributed by atoms with Crippen LogP contribution >= 0.6 is 0 Å². The van der Waals surface area contributed by atoms with Crippen LogP contribution in [0, 0.1) is 11.7 Å². The fraction of sp³-hybridized carbons (Fsp3) is 0.538. The van der Waals surface area contributed by atoms with Crippen molar-refractivity contribution >= 4 is 0 Å². The third kappa shape index (κ3) is 4.02. The van der Waals surface area contributed by atoms with E-state index in [1.807, 2.05) is 13.8 Å². The van der Waals surface area contributed by atoms with Crippen molar-refractivity contribution in [2.75, 3.05) is 0 Å². The van der Waals surface area contributed by atoms with Crippen LogP contribution in [0.25, 0.3) is 0 Å². The van der Waals surface area contributed by atoms with Crippen LogP contribution in [-0.4, -0.2) is 0 Å². The minimum atomic E-state index is -4.48. The van der Waals surface area contributed by atoms with Crippen LogP contribution in [-0.2, 0) is 12.6 Å². The van der Waals surface area contributed by atoms with Gasteiger partial charge in [-0.2, -0.15) is 13.2 Å². The molecule has 17 heavy (non-hydrogen) atoms.